The molecular weight excluding hydrogens is 352 g/mol. The zero-order valence-corrected chi connectivity index (χ0v) is 14.4. The van der Waals surface area contributed by atoms with Gasteiger partial charge in [0, 0.05) is 0 Å². The fourth-order valence-electron chi connectivity index (χ4n) is 1.61. The number of hydrogen-bond donors (Lipinski definition) is 3. The van der Waals surface area contributed by atoms with Crippen LogP contribution < -0.4 is 10.0 Å². The highest BCUT2D eigenvalue weighted by Crippen LogP contribution is 2.25. The minimum absolute atomic E-state index is 0.0118. The molecule has 3 N–H and O–H groups in total. The lowest BCUT2D eigenvalue weighted by atomic mass is 10.0. The first-order valence-corrected chi connectivity index (χ1v) is 9.06. The number of carboxylic acid groups (broad SMARTS) is 1. The predicted octanol–water partition coefficient (Wildman–Crippen LogP) is 1.30. The standard InChI is InChI=1S/C12H17ClN2O5S2/c1-7(2)5-8(12(17)18)15-10(16)6-14-22(19,20)11-4-3-9(13)21-11/h3-4,7-8,14H,5-6H2,1-2H3,(H,15,16)(H,17,18). The molecule has 0 aliphatic rings. The van der Waals surface area contributed by atoms with Gasteiger partial charge in [-0.05, 0) is 24.5 Å². The van der Waals surface area contributed by atoms with Crippen molar-refractivity contribution >= 4 is 44.8 Å². The van der Waals surface area contributed by atoms with Crippen LogP contribution in [0.3, 0.4) is 0 Å². The van der Waals surface area contributed by atoms with Gasteiger partial charge in [-0.3, -0.25) is 4.79 Å². The molecule has 10 heteroatoms. The number of amides is 1. The van der Waals surface area contributed by atoms with E-state index in [4.69, 9.17) is 16.7 Å². The molecule has 1 aromatic rings. The van der Waals surface area contributed by atoms with E-state index >= 15 is 0 Å². The van der Waals surface area contributed by atoms with Crippen molar-refractivity contribution in [2.45, 2.75) is 30.5 Å². The molecule has 0 aliphatic heterocycles. The Labute approximate surface area is 137 Å². The molecular formula is C12H17ClN2O5S2. The highest BCUT2D eigenvalue weighted by Gasteiger charge is 2.23. The second-order valence-corrected chi connectivity index (χ2v) is 8.68. The minimum Gasteiger partial charge on any atom is -0.480 e. The molecule has 1 rings (SSSR count). The number of halogens is 1. The molecule has 1 heterocycles. The van der Waals surface area contributed by atoms with Crippen molar-refractivity contribution in [2.75, 3.05) is 6.54 Å². The van der Waals surface area contributed by atoms with E-state index in [-0.39, 0.29) is 16.5 Å². The SMILES string of the molecule is CC(C)CC(NC(=O)CNS(=O)(=O)c1ccc(Cl)s1)C(=O)O. The van der Waals surface area contributed by atoms with Crippen molar-refractivity contribution in [1.82, 2.24) is 10.0 Å². The maximum Gasteiger partial charge on any atom is 0.326 e. The Morgan fingerprint density at radius 1 is 1.36 bits per heavy atom. The summed E-state index contributed by atoms with van der Waals surface area (Å²) in [5, 5.41) is 11.3. The van der Waals surface area contributed by atoms with Crippen LogP contribution in [0.1, 0.15) is 20.3 Å². The van der Waals surface area contributed by atoms with E-state index < -0.39 is 34.5 Å². The van der Waals surface area contributed by atoms with E-state index in [1.54, 1.807) is 0 Å². The normalized spacial score (nSPS) is 13.1. The summed E-state index contributed by atoms with van der Waals surface area (Å²) < 4.78 is 26.2. The lowest BCUT2D eigenvalue weighted by Gasteiger charge is -2.16. The summed E-state index contributed by atoms with van der Waals surface area (Å²) in [6, 6.07) is 1.71. The molecule has 0 bridgehead atoms. The first kappa shape index (κ1) is 18.9. The molecule has 0 radical (unpaired) electrons. The Morgan fingerprint density at radius 2 is 2.00 bits per heavy atom. The predicted molar refractivity (Wildman–Crippen MR) is 83.5 cm³/mol. The van der Waals surface area contributed by atoms with Gasteiger partial charge in [-0.2, -0.15) is 0 Å². The zero-order chi connectivity index (χ0) is 16.9. The van der Waals surface area contributed by atoms with Crippen LogP contribution in [0.2, 0.25) is 4.34 Å². The molecule has 1 aromatic heterocycles. The van der Waals surface area contributed by atoms with Crippen LogP contribution in [0.25, 0.3) is 0 Å². The van der Waals surface area contributed by atoms with Crippen LogP contribution in [0.5, 0.6) is 0 Å². The van der Waals surface area contributed by atoms with Crippen molar-refractivity contribution in [1.29, 1.82) is 0 Å². The molecule has 7 nitrogen and oxygen atoms in total. The third kappa shape index (κ3) is 5.91. The molecule has 22 heavy (non-hydrogen) atoms. The Kier molecular flexibility index (Phi) is 6.79. The van der Waals surface area contributed by atoms with E-state index in [0.717, 1.165) is 11.3 Å². The monoisotopic (exact) mass is 368 g/mol. The molecule has 124 valence electrons. The quantitative estimate of drug-likeness (QED) is 0.640. The Balaban J connectivity index is 2.60. The number of carbonyl (C=O) groups excluding carboxylic acids is 1. The highest BCUT2D eigenvalue weighted by molar-refractivity contribution is 7.91. The summed E-state index contributed by atoms with van der Waals surface area (Å²) in [5.74, 6) is -1.79. The van der Waals surface area contributed by atoms with Crippen LogP contribution in [0.15, 0.2) is 16.3 Å². The van der Waals surface area contributed by atoms with Gasteiger partial charge in [0.05, 0.1) is 10.9 Å². The number of aliphatic carboxylic acids is 1. The number of rotatable bonds is 8. The van der Waals surface area contributed by atoms with E-state index in [9.17, 15) is 18.0 Å². The van der Waals surface area contributed by atoms with Gasteiger partial charge in [-0.25, -0.2) is 17.9 Å². The molecule has 0 aliphatic carbocycles. The Morgan fingerprint density at radius 3 is 2.45 bits per heavy atom. The number of sulfonamides is 1. The highest BCUT2D eigenvalue weighted by atomic mass is 35.5. The minimum atomic E-state index is -3.84. The third-order valence-corrected chi connectivity index (χ3v) is 5.70. The van der Waals surface area contributed by atoms with Crippen molar-refractivity contribution < 1.29 is 23.1 Å². The molecule has 0 aromatic carbocycles. The molecule has 0 saturated carbocycles. The second-order valence-electron chi connectivity index (χ2n) is 4.97. The number of nitrogens with one attached hydrogen (secondary N) is 2. The van der Waals surface area contributed by atoms with E-state index in [1.165, 1.54) is 12.1 Å². The molecule has 0 saturated heterocycles. The first-order valence-electron chi connectivity index (χ1n) is 6.39. The summed E-state index contributed by atoms with van der Waals surface area (Å²) in [4.78, 5) is 22.7. The maximum absolute atomic E-state index is 11.9. The first-order chi connectivity index (χ1) is 10.1. The summed E-state index contributed by atoms with van der Waals surface area (Å²) in [7, 11) is -3.84. The average Bonchev–Trinajstić information content (AvgIpc) is 2.82. The number of carbonyl (C=O) groups is 2. The third-order valence-electron chi connectivity index (χ3n) is 2.58. The van der Waals surface area contributed by atoms with Crippen LogP contribution in [0, 0.1) is 5.92 Å². The number of hydrogen-bond acceptors (Lipinski definition) is 5. The largest absolute Gasteiger partial charge is 0.480 e. The Hall–Kier alpha value is -1.16. The summed E-state index contributed by atoms with van der Waals surface area (Å²) >= 11 is 6.53. The van der Waals surface area contributed by atoms with Crippen LogP contribution in [0.4, 0.5) is 0 Å². The zero-order valence-electron chi connectivity index (χ0n) is 12.0. The van der Waals surface area contributed by atoms with Crippen molar-refractivity contribution in [3.8, 4) is 0 Å². The van der Waals surface area contributed by atoms with Gasteiger partial charge >= 0.3 is 5.97 Å². The fraction of sp³-hybridized carbons (Fsp3) is 0.500. The van der Waals surface area contributed by atoms with E-state index in [1.807, 2.05) is 13.8 Å². The van der Waals surface area contributed by atoms with Crippen LogP contribution >= 0.6 is 22.9 Å². The van der Waals surface area contributed by atoms with Crippen LogP contribution in [-0.2, 0) is 19.6 Å². The molecule has 1 atom stereocenters. The van der Waals surface area contributed by atoms with Crippen molar-refractivity contribution in [2.24, 2.45) is 5.92 Å². The summed E-state index contributed by atoms with van der Waals surface area (Å²) in [6.07, 6.45) is 0.258. The summed E-state index contributed by atoms with van der Waals surface area (Å²) in [5.41, 5.74) is 0. The lowest BCUT2D eigenvalue weighted by Crippen LogP contribution is -2.46. The van der Waals surface area contributed by atoms with Crippen molar-refractivity contribution in [3.63, 3.8) is 0 Å². The van der Waals surface area contributed by atoms with Crippen LogP contribution in [-0.4, -0.2) is 38.0 Å². The van der Waals surface area contributed by atoms with Gasteiger partial charge < -0.3 is 10.4 Å². The molecule has 1 amide bonds. The summed E-state index contributed by atoms with van der Waals surface area (Å²) in [6.45, 7) is 3.11. The van der Waals surface area contributed by atoms with Gasteiger partial charge in [0.25, 0.3) is 10.0 Å². The van der Waals surface area contributed by atoms with Gasteiger partial charge in [0.2, 0.25) is 5.91 Å². The second kappa shape index (κ2) is 7.91. The molecule has 1 unspecified atom stereocenters. The van der Waals surface area contributed by atoms with Crippen molar-refractivity contribution in [3.05, 3.63) is 16.5 Å². The smallest absolute Gasteiger partial charge is 0.326 e. The van der Waals surface area contributed by atoms with Gasteiger partial charge in [0.15, 0.2) is 0 Å². The van der Waals surface area contributed by atoms with E-state index in [2.05, 4.69) is 10.0 Å². The van der Waals surface area contributed by atoms with Gasteiger partial charge in [-0.1, -0.05) is 25.4 Å². The average molecular weight is 369 g/mol. The molecule has 0 spiro atoms. The molecule has 0 fully saturated rings. The topological polar surface area (TPSA) is 113 Å². The number of carboxylic acids is 1. The lowest BCUT2D eigenvalue weighted by molar-refractivity contribution is -0.142. The fourth-order valence-corrected chi connectivity index (χ4v) is 4.12. The number of thiophene rings is 1. The van der Waals surface area contributed by atoms with Gasteiger partial charge in [-0.15, -0.1) is 11.3 Å². The van der Waals surface area contributed by atoms with Gasteiger partial charge in [0.1, 0.15) is 10.3 Å². The van der Waals surface area contributed by atoms with E-state index in [0.29, 0.717) is 4.34 Å². The Bertz CT molecular complexity index is 642. The maximum atomic E-state index is 11.9.